The number of amidine groups is 1. The third kappa shape index (κ3) is 4.01. The molecule has 0 saturated heterocycles. The number of hydrogen-bond donors (Lipinski definition) is 1. The SMILES string of the molecule is Cl.Cl.c1ccc(C2N=C(c3ccncc3)NC2c2ccccc2)cc1. The number of hydrogen-bond acceptors (Lipinski definition) is 3. The molecule has 1 aliphatic rings. The molecule has 0 amide bonds. The van der Waals surface area contributed by atoms with E-state index in [1.807, 2.05) is 24.3 Å². The van der Waals surface area contributed by atoms with Gasteiger partial charge in [0.15, 0.2) is 0 Å². The zero-order chi connectivity index (χ0) is 15.5. The monoisotopic (exact) mass is 371 g/mol. The highest BCUT2D eigenvalue weighted by Crippen LogP contribution is 2.36. The first-order valence-electron chi connectivity index (χ1n) is 7.76. The third-order valence-electron chi connectivity index (χ3n) is 4.13. The molecule has 1 aromatic heterocycles. The van der Waals surface area contributed by atoms with Gasteiger partial charge in [-0.1, -0.05) is 60.7 Å². The molecular formula is C20H19Cl2N3. The Morgan fingerprint density at radius 2 is 1.24 bits per heavy atom. The highest BCUT2D eigenvalue weighted by Gasteiger charge is 2.31. The van der Waals surface area contributed by atoms with E-state index in [1.165, 1.54) is 11.1 Å². The van der Waals surface area contributed by atoms with E-state index in [2.05, 4.69) is 58.8 Å². The maximum absolute atomic E-state index is 4.96. The van der Waals surface area contributed by atoms with Crippen molar-refractivity contribution in [2.75, 3.05) is 0 Å². The Labute approximate surface area is 160 Å². The molecule has 0 radical (unpaired) electrons. The van der Waals surface area contributed by atoms with Gasteiger partial charge in [0.2, 0.25) is 0 Å². The van der Waals surface area contributed by atoms with Gasteiger partial charge in [0.1, 0.15) is 11.9 Å². The van der Waals surface area contributed by atoms with Gasteiger partial charge in [-0.05, 0) is 23.3 Å². The molecule has 2 heterocycles. The van der Waals surface area contributed by atoms with E-state index in [4.69, 9.17) is 4.99 Å². The zero-order valence-corrected chi connectivity index (χ0v) is 15.1. The van der Waals surface area contributed by atoms with Crippen molar-refractivity contribution in [1.82, 2.24) is 10.3 Å². The van der Waals surface area contributed by atoms with Crippen molar-refractivity contribution < 1.29 is 0 Å². The summed E-state index contributed by atoms with van der Waals surface area (Å²) in [5, 5.41) is 3.59. The minimum atomic E-state index is 0. The van der Waals surface area contributed by atoms with Crippen LogP contribution in [0.15, 0.2) is 90.2 Å². The Balaban J connectivity index is 0.00000113. The molecule has 0 bridgehead atoms. The first-order chi connectivity index (χ1) is 11.4. The van der Waals surface area contributed by atoms with Crippen molar-refractivity contribution in [2.45, 2.75) is 12.1 Å². The molecule has 3 nitrogen and oxygen atoms in total. The Morgan fingerprint density at radius 3 is 1.84 bits per heavy atom. The molecule has 4 rings (SSSR count). The first kappa shape index (κ1) is 19.0. The van der Waals surface area contributed by atoms with E-state index >= 15 is 0 Å². The Morgan fingerprint density at radius 1 is 0.680 bits per heavy atom. The van der Waals surface area contributed by atoms with Crippen LogP contribution in [0.1, 0.15) is 28.8 Å². The zero-order valence-electron chi connectivity index (χ0n) is 13.4. The number of halogens is 2. The van der Waals surface area contributed by atoms with Crippen LogP contribution in [0.25, 0.3) is 0 Å². The van der Waals surface area contributed by atoms with Crippen LogP contribution in [0.5, 0.6) is 0 Å². The lowest BCUT2D eigenvalue weighted by Gasteiger charge is -2.19. The number of nitrogens with one attached hydrogen (secondary N) is 1. The lowest BCUT2D eigenvalue weighted by molar-refractivity contribution is 0.572. The molecule has 1 aliphatic heterocycles. The second kappa shape index (κ2) is 8.65. The van der Waals surface area contributed by atoms with E-state index in [0.29, 0.717) is 0 Å². The summed E-state index contributed by atoms with van der Waals surface area (Å²) in [7, 11) is 0. The van der Waals surface area contributed by atoms with Crippen LogP contribution in [0.2, 0.25) is 0 Å². The predicted octanol–water partition coefficient (Wildman–Crippen LogP) is 4.76. The van der Waals surface area contributed by atoms with Crippen LogP contribution >= 0.6 is 24.8 Å². The average molecular weight is 372 g/mol. The minimum Gasteiger partial charge on any atom is -0.361 e. The normalized spacial score (nSPS) is 18.3. The largest absolute Gasteiger partial charge is 0.361 e. The summed E-state index contributed by atoms with van der Waals surface area (Å²) in [6.07, 6.45) is 3.60. The number of aromatic nitrogens is 1. The molecule has 0 spiro atoms. The van der Waals surface area contributed by atoms with Crippen LogP contribution in [-0.4, -0.2) is 10.8 Å². The third-order valence-corrected chi connectivity index (χ3v) is 4.13. The van der Waals surface area contributed by atoms with Crippen molar-refractivity contribution in [1.29, 1.82) is 0 Å². The van der Waals surface area contributed by atoms with Gasteiger partial charge in [-0.15, -0.1) is 24.8 Å². The van der Waals surface area contributed by atoms with Crippen molar-refractivity contribution >= 4 is 30.6 Å². The van der Waals surface area contributed by atoms with E-state index in [-0.39, 0.29) is 36.9 Å². The topological polar surface area (TPSA) is 37.3 Å². The Kier molecular flexibility index (Phi) is 6.57. The predicted molar refractivity (Wildman–Crippen MR) is 107 cm³/mol. The minimum absolute atomic E-state index is 0. The smallest absolute Gasteiger partial charge is 0.129 e. The van der Waals surface area contributed by atoms with Crippen LogP contribution in [0, 0.1) is 0 Å². The van der Waals surface area contributed by atoms with Gasteiger partial charge in [-0.2, -0.15) is 0 Å². The average Bonchev–Trinajstić information content (AvgIpc) is 3.09. The van der Waals surface area contributed by atoms with E-state index < -0.39 is 0 Å². The number of aliphatic imine (C=N–C) groups is 1. The second-order valence-electron chi connectivity index (χ2n) is 5.60. The summed E-state index contributed by atoms with van der Waals surface area (Å²) < 4.78 is 0. The number of benzene rings is 2. The fourth-order valence-corrected chi connectivity index (χ4v) is 2.99. The standard InChI is InChI=1S/C20H17N3.2ClH/c1-3-7-15(8-4-1)18-19(16-9-5-2-6-10-16)23-20(22-18)17-11-13-21-14-12-17;;/h1-14,18-19H,(H,22,23);2*1H. The molecule has 128 valence electrons. The lowest BCUT2D eigenvalue weighted by Crippen LogP contribution is -2.25. The molecule has 0 aliphatic carbocycles. The van der Waals surface area contributed by atoms with Crippen molar-refractivity contribution in [3.8, 4) is 0 Å². The highest BCUT2D eigenvalue weighted by molar-refractivity contribution is 6.00. The van der Waals surface area contributed by atoms with Crippen LogP contribution in [-0.2, 0) is 0 Å². The molecule has 0 saturated carbocycles. The van der Waals surface area contributed by atoms with Gasteiger partial charge in [0.05, 0.1) is 6.04 Å². The fraction of sp³-hybridized carbons (Fsp3) is 0.100. The molecular weight excluding hydrogens is 353 g/mol. The highest BCUT2D eigenvalue weighted by atomic mass is 35.5. The summed E-state index contributed by atoms with van der Waals surface area (Å²) >= 11 is 0. The van der Waals surface area contributed by atoms with Crippen LogP contribution in [0.3, 0.4) is 0 Å². The molecule has 2 unspecified atom stereocenters. The molecule has 1 N–H and O–H groups in total. The van der Waals surface area contributed by atoms with Gasteiger partial charge in [-0.3, -0.25) is 9.98 Å². The summed E-state index contributed by atoms with van der Waals surface area (Å²) in [5.41, 5.74) is 3.53. The quantitative estimate of drug-likeness (QED) is 0.720. The fourth-order valence-electron chi connectivity index (χ4n) is 2.99. The van der Waals surface area contributed by atoms with Gasteiger partial charge >= 0.3 is 0 Å². The first-order valence-corrected chi connectivity index (χ1v) is 7.76. The molecule has 2 aromatic carbocycles. The van der Waals surface area contributed by atoms with Crippen molar-refractivity contribution in [3.05, 3.63) is 102 Å². The van der Waals surface area contributed by atoms with Gasteiger partial charge < -0.3 is 5.32 Å². The Bertz CT molecular complexity index is 808. The van der Waals surface area contributed by atoms with E-state index in [1.54, 1.807) is 12.4 Å². The summed E-state index contributed by atoms with van der Waals surface area (Å²) in [4.78, 5) is 9.05. The van der Waals surface area contributed by atoms with Crippen molar-refractivity contribution in [3.63, 3.8) is 0 Å². The number of rotatable bonds is 3. The number of nitrogens with zero attached hydrogens (tertiary/aromatic N) is 2. The van der Waals surface area contributed by atoms with Crippen LogP contribution < -0.4 is 5.32 Å². The summed E-state index contributed by atoms with van der Waals surface area (Å²) in [6, 6.07) is 25.1. The van der Waals surface area contributed by atoms with Gasteiger partial charge in [0.25, 0.3) is 0 Å². The lowest BCUT2D eigenvalue weighted by atomic mass is 9.95. The Hall–Kier alpha value is -2.36. The van der Waals surface area contributed by atoms with Gasteiger partial charge in [-0.25, -0.2) is 0 Å². The molecule has 5 heteroatoms. The maximum Gasteiger partial charge on any atom is 0.129 e. The van der Waals surface area contributed by atoms with E-state index in [0.717, 1.165) is 11.4 Å². The second-order valence-corrected chi connectivity index (χ2v) is 5.60. The summed E-state index contributed by atoms with van der Waals surface area (Å²) in [5.74, 6) is 0.926. The number of pyridine rings is 1. The molecule has 2 atom stereocenters. The molecule has 25 heavy (non-hydrogen) atoms. The maximum atomic E-state index is 4.96. The molecule has 0 fully saturated rings. The molecule has 3 aromatic rings. The van der Waals surface area contributed by atoms with E-state index in [9.17, 15) is 0 Å². The van der Waals surface area contributed by atoms with Crippen molar-refractivity contribution in [2.24, 2.45) is 4.99 Å². The van der Waals surface area contributed by atoms with Gasteiger partial charge in [0, 0.05) is 18.0 Å². The summed E-state index contributed by atoms with van der Waals surface area (Å²) in [6.45, 7) is 0. The van der Waals surface area contributed by atoms with Crippen LogP contribution in [0.4, 0.5) is 0 Å².